The van der Waals surface area contributed by atoms with E-state index in [1.165, 1.54) is 0 Å². The molecule has 0 rings (SSSR count). The second-order valence-corrected chi connectivity index (χ2v) is 0. The Bertz CT molecular complexity index is 4.00. The summed E-state index contributed by atoms with van der Waals surface area (Å²) in [5.41, 5.74) is 0. The lowest BCUT2D eigenvalue weighted by atomic mass is 11.0. The second-order valence-electron chi connectivity index (χ2n) is 0. The molecule has 0 heterocycles. The molecule has 0 amide bonds. The largest absolute Gasteiger partial charge is 0.344 e. The maximum Gasteiger partial charge on any atom is -0.0683 e. The van der Waals surface area contributed by atoms with Crippen LogP contribution in [0, 0.1) is 0 Å². The lowest BCUT2D eigenvalue weighted by Gasteiger charge is -1.07. The molecule has 0 unspecified atom stereocenters. The van der Waals surface area contributed by atoms with E-state index in [1.807, 2.05) is 13.8 Å². The van der Waals surface area contributed by atoms with Crippen LogP contribution < -0.4 is 12.3 Å². The molecule has 0 spiro atoms. The van der Waals surface area contributed by atoms with Crippen LogP contribution in [0.1, 0.15) is 13.8 Å². The van der Waals surface area contributed by atoms with Gasteiger partial charge in [0.25, 0.3) is 0 Å². The average Bonchev–Trinajstić information content (AvgIpc) is 1.00. The first-order valence-electron chi connectivity index (χ1n) is 1.00. The van der Waals surface area contributed by atoms with Crippen LogP contribution in [0.3, 0.4) is 0 Å². The van der Waals surface area contributed by atoms with Crippen LogP contribution in [0.4, 0.5) is 0 Å². The molecule has 0 fully saturated rings. The van der Waals surface area contributed by atoms with E-state index in [1.54, 1.807) is 0 Å². The zero-order chi connectivity index (χ0) is 2.00. The van der Waals surface area contributed by atoms with Gasteiger partial charge >= 0.3 is 0 Å². The molecular weight excluding hydrogens is 52.0 g/mol. The van der Waals surface area contributed by atoms with Gasteiger partial charge in [-0.15, -0.1) is 0 Å². The van der Waals surface area contributed by atoms with Crippen molar-refractivity contribution in [3.63, 3.8) is 0 Å². The highest BCUT2D eigenvalue weighted by atomic mass is 14.0. The van der Waals surface area contributed by atoms with Gasteiger partial charge in [-0.2, -0.15) is 0 Å². The van der Waals surface area contributed by atoms with E-state index >= 15 is 0 Å². The van der Waals surface area contributed by atoms with Crippen molar-refractivity contribution in [2.24, 2.45) is 0 Å². The van der Waals surface area contributed by atoms with Gasteiger partial charge in [0, 0.05) is 0 Å². The van der Waals surface area contributed by atoms with Gasteiger partial charge in [0.1, 0.15) is 0 Å². The Morgan fingerprint density at radius 3 is 0.750 bits per heavy atom. The van der Waals surface area contributed by atoms with Gasteiger partial charge in [0.2, 0.25) is 0 Å². The van der Waals surface area contributed by atoms with Crippen molar-refractivity contribution in [3.05, 3.63) is 0 Å². The van der Waals surface area contributed by atoms with Crippen molar-refractivity contribution in [2.75, 3.05) is 0 Å². The Labute approximate surface area is 27.4 Å². The molecule has 0 aromatic heterocycles. The first-order chi connectivity index (χ1) is 1.00. The highest BCUT2D eigenvalue weighted by Crippen LogP contribution is 1.14. The summed E-state index contributed by atoms with van der Waals surface area (Å²) < 4.78 is 0. The fourth-order valence-corrected chi connectivity index (χ4v) is 0. The minimum atomic E-state index is 0. The van der Waals surface area contributed by atoms with Crippen molar-refractivity contribution >= 4 is 0 Å². The fraction of sp³-hybridized carbons (Fsp3) is 1.00. The molecule has 0 saturated carbocycles. The quantitative estimate of drug-likeness (QED) is 0.446. The Morgan fingerprint density at radius 1 is 0.750 bits per heavy atom. The van der Waals surface area contributed by atoms with Gasteiger partial charge in [-0.1, -0.05) is 13.8 Å². The van der Waals surface area contributed by atoms with E-state index in [9.17, 15) is 0 Å². The topological polar surface area (TPSA) is 70.0 Å². The van der Waals surface area contributed by atoms with E-state index in [0.29, 0.717) is 0 Å². The molecule has 0 atom stereocenters. The van der Waals surface area contributed by atoms with Gasteiger partial charge in [-0.05, 0) is 0 Å². The SMILES string of the molecule is CC.N.N. The second kappa shape index (κ2) is 1680. The minimum Gasteiger partial charge on any atom is -0.344 e. The lowest BCUT2D eigenvalue weighted by molar-refractivity contribution is 1.50. The summed E-state index contributed by atoms with van der Waals surface area (Å²) in [5, 5.41) is 0. The predicted molar refractivity (Wildman–Crippen MR) is 21.4 cm³/mol. The van der Waals surface area contributed by atoms with Crippen LogP contribution >= 0.6 is 0 Å². The Hall–Kier alpha value is -0.0800. The molecular formula is C2H12N2. The first-order valence-corrected chi connectivity index (χ1v) is 1.00. The molecule has 0 aliphatic rings. The summed E-state index contributed by atoms with van der Waals surface area (Å²) in [6.45, 7) is 4.00. The van der Waals surface area contributed by atoms with Crippen LogP contribution in [0.15, 0.2) is 0 Å². The summed E-state index contributed by atoms with van der Waals surface area (Å²) in [5.74, 6) is 0. The normalized spacial score (nSPS) is 1.50. The maximum absolute atomic E-state index is 2.00. The van der Waals surface area contributed by atoms with Gasteiger partial charge in [-0.25, -0.2) is 0 Å². The number of hydrogen-bond donors (Lipinski definition) is 2. The third-order valence-corrected chi connectivity index (χ3v) is 0. The standard InChI is InChI=1S/C2H6.2H3N/c1-2;;/h1-2H3;2*1H3. The predicted octanol–water partition coefficient (Wildman–Crippen LogP) is 1.35. The Morgan fingerprint density at radius 2 is 0.750 bits per heavy atom. The van der Waals surface area contributed by atoms with Crippen LogP contribution in [0.25, 0.3) is 0 Å². The molecule has 30 valence electrons. The molecule has 2 heteroatoms. The Kier molecular flexibility index (Phi) is 16600. The lowest BCUT2D eigenvalue weighted by Crippen LogP contribution is -0.856. The fourth-order valence-electron chi connectivity index (χ4n) is 0. The molecule has 2 nitrogen and oxygen atoms in total. The van der Waals surface area contributed by atoms with E-state index in [2.05, 4.69) is 0 Å². The highest BCUT2D eigenvalue weighted by Gasteiger charge is 0.932. The maximum atomic E-state index is 2.00. The smallest absolute Gasteiger partial charge is 0.0683 e. The van der Waals surface area contributed by atoms with Crippen LogP contribution in [0.2, 0.25) is 0 Å². The zero-order valence-corrected chi connectivity index (χ0v) is 3.41. The molecule has 0 aromatic rings. The molecule has 0 saturated heterocycles. The average molecular weight is 64.1 g/mol. The molecule has 0 aliphatic carbocycles. The summed E-state index contributed by atoms with van der Waals surface area (Å²) in [6, 6.07) is 0. The van der Waals surface area contributed by atoms with Gasteiger partial charge in [-0.3, -0.25) is 0 Å². The van der Waals surface area contributed by atoms with E-state index in [4.69, 9.17) is 0 Å². The third-order valence-electron chi connectivity index (χ3n) is 0. The van der Waals surface area contributed by atoms with Crippen molar-refractivity contribution in [2.45, 2.75) is 13.8 Å². The van der Waals surface area contributed by atoms with E-state index < -0.39 is 0 Å². The highest BCUT2D eigenvalue weighted by molar-refractivity contribution is 3.50. The van der Waals surface area contributed by atoms with E-state index in [0.717, 1.165) is 0 Å². The van der Waals surface area contributed by atoms with Gasteiger partial charge < -0.3 is 12.3 Å². The summed E-state index contributed by atoms with van der Waals surface area (Å²) in [4.78, 5) is 0. The van der Waals surface area contributed by atoms with Crippen molar-refractivity contribution in [1.29, 1.82) is 0 Å². The summed E-state index contributed by atoms with van der Waals surface area (Å²) >= 11 is 0. The van der Waals surface area contributed by atoms with Crippen molar-refractivity contribution in [1.82, 2.24) is 12.3 Å². The van der Waals surface area contributed by atoms with Crippen LogP contribution in [-0.2, 0) is 0 Å². The van der Waals surface area contributed by atoms with Gasteiger partial charge in [0.05, 0.1) is 0 Å². The monoisotopic (exact) mass is 64.1 g/mol. The van der Waals surface area contributed by atoms with Crippen LogP contribution in [0.5, 0.6) is 0 Å². The first kappa shape index (κ1) is 39.5. The molecule has 0 bridgehead atoms. The van der Waals surface area contributed by atoms with Crippen molar-refractivity contribution in [3.8, 4) is 0 Å². The van der Waals surface area contributed by atoms with Crippen LogP contribution in [-0.4, -0.2) is 0 Å². The Balaban J connectivity index is -0.00000000500. The summed E-state index contributed by atoms with van der Waals surface area (Å²) in [7, 11) is 0. The minimum absolute atomic E-state index is 0. The molecule has 0 aliphatic heterocycles. The summed E-state index contributed by atoms with van der Waals surface area (Å²) in [6.07, 6.45) is 0. The molecule has 0 aromatic carbocycles. The number of rotatable bonds is 0. The number of hydrogen-bond acceptors (Lipinski definition) is 2. The van der Waals surface area contributed by atoms with Gasteiger partial charge in [0.15, 0.2) is 0 Å². The third kappa shape index (κ3) is 254. The zero-order valence-electron chi connectivity index (χ0n) is 3.41. The molecule has 0 radical (unpaired) electrons. The van der Waals surface area contributed by atoms with E-state index in [-0.39, 0.29) is 12.3 Å². The molecule has 6 N–H and O–H groups in total. The molecule has 4 heavy (non-hydrogen) atoms. The van der Waals surface area contributed by atoms with Crippen molar-refractivity contribution < 1.29 is 0 Å².